The molecular weight excluding hydrogens is 512 g/mol. The molecule has 4 rings (SSSR count). The van der Waals surface area contributed by atoms with Gasteiger partial charge in [0.05, 0.1) is 11.8 Å². The highest BCUT2D eigenvalue weighted by atomic mass is 79.9. The summed E-state index contributed by atoms with van der Waals surface area (Å²) in [6, 6.07) is 11.6. The van der Waals surface area contributed by atoms with Gasteiger partial charge in [-0.25, -0.2) is 4.79 Å². The van der Waals surface area contributed by atoms with Crippen molar-refractivity contribution in [2.75, 3.05) is 11.9 Å². The number of esters is 1. The molecule has 0 aromatic heterocycles. The minimum Gasteiger partial charge on any atom is -0.454 e. The molecule has 3 atom stereocenters. The molecule has 0 saturated carbocycles. The number of nitrogens with zero attached hydrogens (tertiary/aromatic N) is 1. The molecule has 7 nitrogen and oxygen atoms in total. The number of imide groups is 1. The molecule has 2 aromatic rings. The van der Waals surface area contributed by atoms with Crippen LogP contribution in [0.1, 0.15) is 29.5 Å². The van der Waals surface area contributed by atoms with Crippen LogP contribution in [0.15, 0.2) is 59.1 Å². The maximum absolute atomic E-state index is 13.2. The summed E-state index contributed by atoms with van der Waals surface area (Å²) in [5.41, 5.74) is 3.29. The van der Waals surface area contributed by atoms with Gasteiger partial charge in [-0.15, -0.1) is 0 Å². The molecule has 0 unspecified atom stereocenters. The first-order valence-electron chi connectivity index (χ1n) is 11.6. The Hall–Kier alpha value is -3.26. The number of amides is 3. The molecule has 2 aromatic carbocycles. The second-order valence-electron chi connectivity index (χ2n) is 8.91. The Kier molecular flexibility index (Phi) is 7.50. The first-order valence-corrected chi connectivity index (χ1v) is 12.3. The summed E-state index contributed by atoms with van der Waals surface area (Å²) in [5, 5.41) is 2.76. The Morgan fingerprint density at radius 2 is 1.63 bits per heavy atom. The highest BCUT2D eigenvalue weighted by Crippen LogP contribution is 2.37. The van der Waals surface area contributed by atoms with E-state index in [2.05, 4.69) is 21.2 Å². The molecule has 8 heteroatoms. The lowest BCUT2D eigenvalue weighted by atomic mass is 9.85. The van der Waals surface area contributed by atoms with E-state index >= 15 is 0 Å². The van der Waals surface area contributed by atoms with Crippen LogP contribution in [-0.2, 0) is 30.3 Å². The zero-order valence-electron chi connectivity index (χ0n) is 19.6. The normalized spacial score (nSPS) is 19.9. The Morgan fingerprint density at radius 3 is 2.26 bits per heavy atom. The van der Waals surface area contributed by atoms with E-state index in [1.54, 1.807) is 6.07 Å². The van der Waals surface area contributed by atoms with Crippen LogP contribution in [0.3, 0.4) is 0 Å². The lowest BCUT2D eigenvalue weighted by Crippen LogP contribution is -2.48. The van der Waals surface area contributed by atoms with Gasteiger partial charge in [0, 0.05) is 16.6 Å². The predicted octanol–water partition coefficient (Wildman–Crippen LogP) is 4.11. The third-order valence-corrected chi connectivity index (χ3v) is 7.60. The van der Waals surface area contributed by atoms with Crippen LogP contribution in [0.2, 0.25) is 0 Å². The van der Waals surface area contributed by atoms with Crippen LogP contribution in [0.25, 0.3) is 0 Å². The molecule has 182 valence electrons. The maximum atomic E-state index is 13.2. The van der Waals surface area contributed by atoms with Gasteiger partial charge < -0.3 is 10.1 Å². The zero-order chi connectivity index (χ0) is 25.1. The van der Waals surface area contributed by atoms with Crippen molar-refractivity contribution in [2.45, 2.75) is 39.2 Å². The van der Waals surface area contributed by atoms with Crippen LogP contribution in [0.4, 0.5) is 5.69 Å². The van der Waals surface area contributed by atoms with Crippen LogP contribution in [0.5, 0.6) is 0 Å². The summed E-state index contributed by atoms with van der Waals surface area (Å²) in [6.45, 7) is 3.29. The Bertz CT molecular complexity index is 1170. The van der Waals surface area contributed by atoms with Gasteiger partial charge in [-0.05, 0) is 55.5 Å². The average Bonchev–Trinajstić information content (AvgIpc) is 3.12. The monoisotopic (exact) mass is 538 g/mol. The molecule has 2 aliphatic rings. The van der Waals surface area contributed by atoms with E-state index in [1.807, 2.05) is 62.4 Å². The van der Waals surface area contributed by atoms with Crippen LogP contribution in [-0.4, -0.2) is 41.2 Å². The lowest BCUT2D eigenvalue weighted by Gasteiger charge is -2.25. The van der Waals surface area contributed by atoms with Gasteiger partial charge in [0.1, 0.15) is 6.04 Å². The summed E-state index contributed by atoms with van der Waals surface area (Å²) < 4.78 is 6.27. The SMILES string of the molecule is Cc1c(Br)ccc(NC(=O)COC(=O)[C@H](Cc2ccccc2)N2C(=O)[C@H]3CC=CC[C@@H]3C2=O)c1C. The van der Waals surface area contributed by atoms with Gasteiger partial charge in [0.25, 0.3) is 5.91 Å². The Labute approximate surface area is 212 Å². The standard InChI is InChI=1S/C27H27BrN2O5/c1-16-17(2)22(13-12-21(16)28)29-24(31)15-35-27(34)23(14-18-8-4-3-5-9-18)30-25(32)19-10-6-7-11-20(19)26(30)33/h3-9,12-13,19-20,23H,10-11,14-15H2,1-2H3,(H,29,31)/t19-,20-,23-/m0/s1. The molecule has 1 N–H and O–H groups in total. The summed E-state index contributed by atoms with van der Waals surface area (Å²) in [5.74, 6) is -2.89. The molecule has 0 radical (unpaired) electrons. The number of halogens is 1. The second kappa shape index (κ2) is 10.6. The van der Waals surface area contributed by atoms with Crippen molar-refractivity contribution in [3.05, 3.63) is 75.8 Å². The van der Waals surface area contributed by atoms with Crippen molar-refractivity contribution < 1.29 is 23.9 Å². The van der Waals surface area contributed by atoms with E-state index in [0.717, 1.165) is 26.1 Å². The molecule has 3 amide bonds. The van der Waals surface area contributed by atoms with E-state index in [0.29, 0.717) is 18.5 Å². The molecule has 0 bridgehead atoms. The molecule has 1 fully saturated rings. The van der Waals surface area contributed by atoms with Gasteiger partial charge in [0.15, 0.2) is 6.61 Å². The van der Waals surface area contributed by atoms with Crippen molar-refractivity contribution in [2.24, 2.45) is 11.8 Å². The number of rotatable bonds is 7. The highest BCUT2D eigenvalue weighted by Gasteiger charge is 2.51. The minimum atomic E-state index is -1.13. The van der Waals surface area contributed by atoms with Crippen LogP contribution >= 0.6 is 15.9 Å². The number of allylic oxidation sites excluding steroid dienone is 2. The van der Waals surface area contributed by atoms with Gasteiger partial charge in [-0.3, -0.25) is 19.3 Å². The second-order valence-corrected chi connectivity index (χ2v) is 9.76. The number of likely N-dealkylation sites (tertiary alicyclic amines) is 1. The topological polar surface area (TPSA) is 92.8 Å². The number of anilines is 1. The zero-order valence-corrected chi connectivity index (χ0v) is 21.2. The molecule has 1 heterocycles. The number of carbonyl (C=O) groups excluding carboxylic acids is 4. The Morgan fingerprint density at radius 1 is 1.00 bits per heavy atom. The number of hydrogen-bond acceptors (Lipinski definition) is 5. The molecule has 1 aliphatic heterocycles. The first-order chi connectivity index (χ1) is 16.8. The summed E-state index contributed by atoms with van der Waals surface area (Å²) in [4.78, 5) is 53.1. The quantitative estimate of drug-likeness (QED) is 0.325. The lowest BCUT2D eigenvalue weighted by molar-refractivity contribution is -0.159. The molecule has 1 saturated heterocycles. The maximum Gasteiger partial charge on any atom is 0.330 e. The highest BCUT2D eigenvalue weighted by molar-refractivity contribution is 9.10. The molecule has 35 heavy (non-hydrogen) atoms. The van der Waals surface area contributed by atoms with E-state index in [1.165, 1.54) is 0 Å². The smallest absolute Gasteiger partial charge is 0.330 e. The minimum absolute atomic E-state index is 0.122. The van der Waals surface area contributed by atoms with E-state index in [-0.39, 0.29) is 18.2 Å². The first kappa shape index (κ1) is 24.9. The predicted molar refractivity (Wildman–Crippen MR) is 134 cm³/mol. The van der Waals surface area contributed by atoms with Crippen molar-refractivity contribution in [1.29, 1.82) is 0 Å². The van der Waals surface area contributed by atoms with Crippen molar-refractivity contribution in [3.8, 4) is 0 Å². The molecule has 1 aliphatic carbocycles. The van der Waals surface area contributed by atoms with Gasteiger partial charge in [-0.2, -0.15) is 0 Å². The van der Waals surface area contributed by atoms with Crippen LogP contribution in [0, 0.1) is 25.7 Å². The number of ether oxygens (including phenoxy) is 1. The van der Waals surface area contributed by atoms with Crippen molar-refractivity contribution in [3.63, 3.8) is 0 Å². The fraction of sp³-hybridized carbons (Fsp3) is 0.333. The van der Waals surface area contributed by atoms with Crippen molar-refractivity contribution in [1.82, 2.24) is 4.90 Å². The molecular formula is C27H27BrN2O5. The number of hydrogen-bond donors (Lipinski definition) is 1. The van der Waals surface area contributed by atoms with E-state index in [4.69, 9.17) is 4.74 Å². The van der Waals surface area contributed by atoms with E-state index < -0.39 is 36.4 Å². The summed E-state index contributed by atoms with van der Waals surface area (Å²) in [7, 11) is 0. The fourth-order valence-corrected chi connectivity index (χ4v) is 5.02. The van der Waals surface area contributed by atoms with Gasteiger partial charge in [-0.1, -0.05) is 58.4 Å². The number of benzene rings is 2. The fourth-order valence-electron chi connectivity index (χ4n) is 4.59. The number of fused-ring (bicyclic) bond motifs is 1. The third kappa shape index (κ3) is 5.22. The number of carbonyl (C=O) groups is 4. The van der Waals surface area contributed by atoms with Gasteiger partial charge >= 0.3 is 5.97 Å². The average molecular weight is 539 g/mol. The third-order valence-electron chi connectivity index (χ3n) is 6.74. The summed E-state index contributed by atoms with van der Waals surface area (Å²) >= 11 is 3.46. The van der Waals surface area contributed by atoms with Crippen molar-refractivity contribution >= 4 is 45.3 Å². The van der Waals surface area contributed by atoms with E-state index in [9.17, 15) is 19.2 Å². The number of nitrogens with one attached hydrogen (secondary N) is 1. The summed E-state index contributed by atoms with van der Waals surface area (Å²) in [6.07, 6.45) is 4.88. The largest absolute Gasteiger partial charge is 0.454 e. The molecule has 0 spiro atoms. The Balaban J connectivity index is 1.49. The van der Waals surface area contributed by atoms with Gasteiger partial charge in [0.2, 0.25) is 11.8 Å². The van der Waals surface area contributed by atoms with Crippen LogP contribution < -0.4 is 5.32 Å².